The van der Waals surface area contributed by atoms with Crippen molar-refractivity contribution < 1.29 is 9.50 Å². The standard InChI is InChI=1S/C8H15FO/c1-5-3-7(9)8(10)4-6(5)2/h5-8,10H,3-4H2,1-2H3/t5-,6+,7-,8-/m1/s1. The summed E-state index contributed by atoms with van der Waals surface area (Å²) in [5.74, 6) is 0.903. The van der Waals surface area contributed by atoms with Gasteiger partial charge in [0.15, 0.2) is 0 Å². The highest BCUT2D eigenvalue weighted by Crippen LogP contribution is 2.31. The third-order valence-electron chi connectivity index (χ3n) is 2.60. The molecule has 0 aliphatic heterocycles. The second kappa shape index (κ2) is 2.87. The van der Waals surface area contributed by atoms with Gasteiger partial charge in [0.1, 0.15) is 6.17 Å². The van der Waals surface area contributed by atoms with Crippen LogP contribution in [0.2, 0.25) is 0 Å². The average Bonchev–Trinajstić information content (AvgIpc) is 1.84. The number of halogens is 1. The average molecular weight is 146 g/mol. The van der Waals surface area contributed by atoms with Crippen LogP contribution in [0.4, 0.5) is 4.39 Å². The highest BCUT2D eigenvalue weighted by atomic mass is 19.1. The maximum Gasteiger partial charge on any atom is 0.126 e. The van der Waals surface area contributed by atoms with E-state index in [1.807, 2.05) is 6.92 Å². The SMILES string of the molecule is C[C@@H]1C[C@@H](F)[C@H](O)C[C@@H]1C. The lowest BCUT2D eigenvalue weighted by molar-refractivity contribution is 0.00437. The van der Waals surface area contributed by atoms with Crippen LogP contribution < -0.4 is 0 Å². The summed E-state index contributed by atoms with van der Waals surface area (Å²) in [6.07, 6.45) is -0.526. The van der Waals surface area contributed by atoms with Crippen LogP contribution in [0.25, 0.3) is 0 Å². The molecular formula is C8H15FO. The summed E-state index contributed by atoms with van der Waals surface area (Å²) in [6.45, 7) is 4.11. The molecule has 1 aliphatic carbocycles. The minimum Gasteiger partial charge on any atom is -0.390 e. The molecule has 0 saturated heterocycles. The largest absolute Gasteiger partial charge is 0.390 e. The summed E-state index contributed by atoms with van der Waals surface area (Å²) in [5, 5.41) is 9.09. The molecule has 0 aromatic carbocycles. The molecule has 1 saturated carbocycles. The van der Waals surface area contributed by atoms with Gasteiger partial charge >= 0.3 is 0 Å². The topological polar surface area (TPSA) is 20.2 Å². The quantitative estimate of drug-likeness (QED) is 0.552. The van der Waals surface area contributed by atoms with E-state index >= 15 is 0 Å². The molecule has 0 amide bonds. The van der Waals surface area contributed by atoms with Gasteiger partial charge in [-0.25, -0.2) is 4.39 Å². The first-order valence-corrected chi connectivity index (χ1v) is 3.93. The van der Waals surface area contributed by atoms with Gasteiger partial charge in [0.05, 0.1) is 6.10 Å². The Hall–Kier alpha value is -0.110. The van der Waals surface area contributed by atoms with Gasteiger partial charge < -0.3 is 5.11 Å². The molecule has 0 bridgehead atoms. The molecule has 60 valence electrons. The number of rotatable bonds is 0. The monoisotopic (exact) mass is 146 g/mol. The lowest BCUT2D eigenvalue weighted by atomic mass is 9.79. The highest BCUT2D eigenvalue weighted by Gasteiger charge is 2.31. The van der Waals surface area contributed by atoms with Crippen molar-refractivity contribution in [3.63, 3.8) is 0 Å². The summed E-state index contributed by atoms with van der Waals surface area (Å²) in [6, 6.07) is 0. The van der Waals surface area contributed by atoms with Gasteiger partial charge in [-0.2, -0.15) is 0 Å². The lowest BCUT2D eigenvalue weighted by Crippen LogP contribution is -2.34. The van der Waals surface area contributed by atoms with Crippen molar-refractivity contribution in [3.05, 3.63) is 0 Å². The Balaban J connectivity index is 2.46. The van der Waals surface area contributed by atoms with Gasteiger partial charge in [0, 0.05) is 0 Å². The first-order valence-electron chi connectivity index (χ1n) is 3.93. The molecule has 0 aromatic heterocycles. The predicted molar refractivity (Wildman–Crippen MR) is 38.5 cm³/mol. The minimum absolute atomic E-state index is 0.429. The molecule has 1 N–H and O–H groups in total. The van der Waals surface area contributed by atoms with E-state index in [9.17, 15) is 4.39 Å². The fraction of sp³-hybridized carbons (Fsp3) is 1.00. The van der Waals surface area contributed by atoms with E-state index in [0.29, 0.717) is 24.7 Å². The maximum atomic E-state index is 12.8. The molecule has 4 atom stereocenters. The maximum absolute atomic E-state index is 12.8. The number of hydrogen-bond acceptors (Lipinski definition) is 1. The summed E-state index contributed by atoms with van der Waals surface area (Å²) < 4.78 is 12.8. The van der Waals surface area contributed by atoms with Crippen molar-refractivity contribution in [2.24, 2.45) is 11.8 Å². The number of hydrogen-bond donors (Lipinski definition) is 1. The molecule has 1 nitrogen and oxygen atoms in total. The zero-order chi connectivity index (χ0) is 7.72. The van der Waals surface area contributed by atoms with E-state index in [2.05, 4.69) is 6.92 Å². The van der Waals surface area contributed by atoms with Gasteiger partial charge in [-0.05, 0) is 24.7 Å². The molecule has 0 heterocycles. The Kier molecular flexibility index (Phi) is 2.29. The summed E-state index contributed by atoms with van der Waals surface area (Å²) in [7, 11) is 0. The van der Waals surface area contributed by atoms with Crippen LogP contribution in [0.5, 0.6) is 0 Å². The Labute approximate surface area is 61.2 Å². The number of alkyl halides is 1. The van der Waals surface area contributed by atoms with E-state index in [-0.39, 0.29) is 0 Å². The predicted octanol–water partition coefficient (Wildman–Crippen LogP) is 1.75. The fourth-order valence-electron chi connectivity index (χ4n) is 1.51. The van der Waals surface area contributed by atoms with Crippen LogP contribution in [0.15, 0.2) is 0 Å². The molecule has 0 spiro atoms. The van der Waals surface area contributed by atoms with Crippen LogP contribution in [0.3, 0.4) is 0 Å². The minimum atomic E-state index is -0.980. The molecular weight excluding hydrogens is 131 g/mol. The molecule has 0 unspecified atom stereocenters. The summed E-state index contributed by atoms with van der Waals surface area (Å²) in [5.41, 5.74) is 0. The van der Waals surface area contributed by atoms with Gasteiger partial charge in [-0.3, -0.25) is 0 Å². The second-order valence-corrected chi connectivity index (χ2v) is 3.51. The van der Waals surface area contributed by atoms with Gasteiger partial charge in [-0.1, -0.05) is 13.8 Å². The Bertz CT molecular complexity index is 89.8. The highest BCUT2D eigenvalue weighted by molar-refractivity contribution is 4.81. The van der Waals surface area contributed by atoms with Gasteiger partial charge in [0.2, 0.25) is 0 Å². The zero-order valence-electron chi connectivity index (χ0n) is 6.55. The van der Waals surface area contributed by atoms with Crippen molar-refractivity contribution >= 4 is 0 Å². The van der Waals surface area contributed by atoms with E-state index in [1.54, 1.807) is 0 Å². The second-order valence-electron chi connectivity index (χ2n) is 3.51. The third kappa shape index (κ3) is 1.48. The molecule has 0 aromatic rings. The van der Waals surface area contributed by atoms with E-state index < -0.39 is 12.3 Å². The van der Waals surface area contributed by atoms with Crippen molar-refractivity contribution in [2.75, 3.05) is 0 Å². The molecule has 1 aliphatic rings. The molecule has 10 heavy (non-hydrogen) atoms. The zero-order valence-corrected chi connectivity index (χ0v) is 6.55. The van der Waals surface area contributed by atoms with Crippen LogP contribution in [-0.2, 0) is 0 Å². The van der Waals surface area contributed by atoms with Crippen molar-refractivity contribution in [3.8, 4) is 0 Å². The van der Waals surface area contributed by atoms with Crippen molar-refractivity contribution in [1.82, 2.24) is 0 Å². The molecule has 1 rings (SSSR count). The molecule has 2 heteroatoms. The Morgan fingerprint density at radius 3 is 2.20 bits per heavy atom. The van der Waals surface area contributed by atoms with E-state index in [0.717, 1.165) is 0 Å². The Morgan fingerprint density at radius 1 is 1.20 bits per heavy atom. The van der Waals surface area contributed by atoms with E-state index in [1.165, 1.54) is 0 Å². The number of aliphatic hydroxyl groups is 1. The summed E-state index contributed by atoms with van der Waals surface area (Å²) >= 11 is 0. The van der Waals surface area contributed by atoms with Crippen LogP contribution in [0, 0.1) is 11.8 Å². The van der Waals surface area contributed by atoms with Crippen molar-refractivity contribution in [1.29, 1.82) is 0 Å². The normalized spacial score (nSPS) is 49.2. The van der Waals surface area contributed by atoms with Crippen LogP contribution in [-0.4, -0.2) is 17.4 Å². The lowest BCUT2D eigenvalue weighted by Gasteiger charge is -2.31. The van der Waals surface area contributed by atoms with Crippen molar-refractivity contribution in [2.45, 2.75) is 39.0 Å². The first-order chi connectivity index (χ1) is 4.61. The third-order valence-corrected chi connectivity index (χ3v) is 2.60. The Morgan fingerprint density at radius 2 is 1.70 bits per heavy atom. The fourth-order valence-corrected chi connectivity index (χ4v) is 1.51. The van der Waals surface area contributed by atoms with Crippen LogP contribution >= 0.6 is 0 Å². The first kappa shape index (κ1) is 7.99. The summed E-state index contributed by atoms with van der Waals surface area (Å²) in [4.78, 5) is 0. The van der Waals surface area contributed by atoms with Crippen LogP contribution in [0.1, 0.15) is 26.7 Å². The molecule has 0 radical (unpaired) electrons. The van der Waals surface area contributed by atoms with Gasteiger partial charge in [0.25, 0.3) is 0 Å². The molecule has 1 fully saturated rings. The smallest absolute Gasteiger partial charge is 0.126 e. The number of aliphatic hydroxyl groups excluding tert-OH is 1. The van der Waals surface area contributed by atoms with Gasteiger partial charge in [-0.15, -0.1) is 0 Å². The van der Waals surface area contributed by atoms with E-state index in [4.69, 9.17) is 5.11 Å².